The summed E-state index contributed by atoms with van der Waals surface area (Å²) in [6.07, 6.45) is 1.02. The summed E-state index contributed by atoms with van der Waals surface area (Å²) < 4.78 is 5.17. The van der Waals surface area contributed by atoms with Crippen molar-refractivity contribution in [2.75, 3.05) is 20.2 Å². The van der Waals surface area contributed by atoms with Gasteiger partial charge in [0, 0.05) is 24.5 Å². The molecular formula is C16H24N2O2. The lowest BCUT2D eigenvalue weighted by atomic mass is 9.98. The summed E-state index contributed by atoms with van der Waals surface area (Å²) in [5, 5.41) is 3.02. The lowest BCUT2D eigenvalue weighted by Gasteiger charge is -2.25. The van der Waals surface area contributed by atoms with E-state index in [2.05, 4.69) is 17.4 Å². The number of nitrogens with one attached hydrogen (secondary N) is 1. The van der Waals surface area contributed by atoms with Crippen LogP contribution in [-0.4, -0.2) is 36.7 Å². The second kappa shape index (κ2) is 5.73. The van der Waals surface area contributed by atoms with Crippen molar-refractivity contribution in [1.29, 1.82) is 0 Å². The number of hydrogen-bond acceptors (Lipinski definition) is 2. The lowest BCUT2D eigenvalue weighted by Crippen LogP contribution is -2.47. The Morgan fingerprint density at radius 2 is 1.95 bits per heavy atom. The molecule has 1 aliphatic heterocycles. The Kier molecular flexibility index (Phi) is 4.21. The van der Waals surface area contributed by atoms with E-state index in [1.807, 2.05) is 37.8 Å². The van der Waals surface area contributed by atoms with Gasteiger partial charge in [0.25, 0.3) is 0 Å². The summed E-state index contributed by atoms with van der Waals surface area (Å²) in [6.45, 7) is 7.61. The van der Waals surface area contributed by atoms with Crippen molar-refractivity contribution in [3.63, 3.8) is 0 Å². The largest absolute Gasteiger partial charge is 0.497 e. The van der Waals surface area contributed by atoms with Gasteiger partial charge in [0.2, 0.25) is 0 Å². The molecule has 1 aromatic carbocycles. The predicted octanol–water partition coefficient (Wildman–Crippen LogP) is 2.99. The van der Waals surface area contributed by atoms with E-state index in [0.717, 1.165) is 25.3 Å². The molecule has 2 amide bonds. The highest BCUT2D eigenvalue weighted by Gasteiger charge is 2.28. The molecule has 20 heavy (non-hydrogen) atoms. The minimum atomic E-state index is -0.185. The van der Waals surface area contributed by atoms with E-state index in [1.54, 1.807) is 7.11 Å². The zero-order valence-electron chi connectivity index (χ0n) is 12.8. The molecular weight excluding hydrogens is 252 g/mol. The molecule has 4 heteroatoms. The number of ether oxygens (including phenoxy) is 1. The topological polar surface area (TPSA) is 41.6 Å². The number of rotatable bonds is 2. The van der Waals surface area contributed by atoms with E-state index in [-0.39, 0.29) is 11.6 Å². The van der Waals surface area contributed by atoms with Crippen LogP contribution in [0, 0.1) is 0 Å². The van der Waals surface area contributed by atoms with Crippen molar-refractivity contribution in [1.82, 2.24) is 10.2 Å². The molecule has 1 saturated heterocycles. The molecule has 1 unspecified atom stereocenters. The van der Waals surface area contributed by atoms with Crippen molar-refractivity contribution in [3.8, 4) is 5.75 Å². The maximum absolute atomic E-state index is 12.1. The van der Waals surface area contributed by atoms with Gasteiger partial charge >= 0.3 is 6.03 Å². The minimum absolute atomic E-state index is 0.0357. The van der Waals surface area contributed by atoms with Gasteiger partial charge in [-0.15, -0.1) is 0 Å². The monoisotopic (exact) mass is 276 g/mol. The van der Waals surface area contributed by atoms with Crippen LogP contribution >= 0.6 is 0 Å². The predicted molar refractivity (Wildman–Crippen MR) is 80.2 cm³/mol. The Balaban J connectivity index is 1.96. The van der Waals surface area contributed by atoms with Crippen LogP contribution < -0.4 is 10.1 Å². The van der Waals surface area contributed by atoms with Gasteiger partial charge in [-0.2, -0.15) is 0 Å². The standard InChI is InChI=1S/C16H24N2O2/c1-16(2,3)17-15(19)18-10-9-13(11-18)12-5-7-14(20-4)8-6-12/h5-8,13H,9-11H2,1-4H3,(H,17,19). The SMILES string of the molecule is COc1ccc(C2CCN(C(=O)NC(C)(C)C)C2)cc1. The highest BCUT2D eigenvalue weighted by atomic mass is 16.5. The molecule has 0 radical (unpaired) electrons. The number of likely N-dealkylation sites (tertiary alicyclic amines) is 1. The van der Waals surface area contributed by atoms with Gasteiger partial charge in [0.1, 0.15) is 5.75 Å². The Bertz CT molecular complexity index is 462. The number of methoxy groups -OCH3 is 1. The van der Waals surface area contributed by atoms with Crippen LogP contribution in [0.4, 0.5) is 4.79 Å². The Morgan fingerprint density at radius 3 is 2.50 bits per heavy atom. The van der Waals surface area contributed by atoms with Crippen LogP contribution in [0.2, 0.25) is 0 Å². The lowest BCUT2D eigenvalue weighted by molar-refractivity contribution is 0.199. The van der Waals surface area contributed by atoms with E-state index in [1.165, 1.54) is 5.56 Å². The van der Waals surface area contributed by atoms with E-state index >= 15 is 0 Å². The highest BCUT2D eigenvalue weighted by Crippen LogP contribution is 2.28. The van der Waals surface area contributed by atoms with Gasteiger partial charge in [0.05, 0.1) is 7.11 Å². The fraction of sp³-hybridized carbons (Fsp3) is 0.562. The van der Waals surface area contributed by atoms with Crippen molar-refractivity contribution in [3.05, 3.63) is 29.8 Å². The van der Waals surface area contributed by atoms with Gasteiger partial charge in [-0.1, -0.05) is 12.1 Å². The second-order valence-electron chi connectivity index (χ2n) is 6.38. The molecule has 0 aliphatic carbocycles. The van der Waals surface area contributed by atoms with Crippen LogP contribution in [0.3, 0.4) is 0 Å². The quantitative estimate of drug-likeness (QED) is 0.902. The third kappa shape index (κ3) is 3.65. The van der Waals surface area contributed by atoms with Crippen molar-refractivity contribution in [2.24, 2.45) is 0 Å². The minimum Gasteiger partial charge on any atom is -0.497 e. The zero-order chi connectivity index (χ0) is 14.8. The van der Waals surface area contributed by atoms with Crippen LogP contribution in [-0.2, 0) is 0 Å². The van der Waals surface area contributed by atoms with Crippen LogP contribution in [0.1, 0.15) is 38.7 Å². The number of carbonyl (C=O) groups is 1. The van der Waals surface area contributed by atoms with E-state index < -0.39 is 0 Å². The van der Waals surface area contributed by atoms with Gasteiger partial charge in [-0.25, -0.2) is 4.79 Å². The van der Waals surface area contributed by atoms with Crippen LogP contribution in [0.25, 0.3) is 0 Å². The summed E-state index contributed by atoms with van der Waals surface area (Å²) >= 11 is 0. The summed E-state index contributed by atoms with van der Waals surface area (Å²) in [7, 11) is 1.67. The number of nitrogens with zero attached hydrogens (tertiary/aromatic N) is 1. The molecule has 1 aliphatic rings. The second-order valence-corrected chi connectivity index (χ2v) is 6.38. The number of hydrogen-bond donors (Lipinski definition) is 1. The average Bonchev–Trinajstić information content (AvgIpc) is 2.86. The van der Waals surface area contributed by atoms with Crippen molar-refractivity contribution in [2.45, 2.75) is 38.6 Å². The maximum Gasteiger partial charge on any atom is 0.317 e. The summed E-state index contributed by atoms with van der Waals surface area (Å²) in [5.74, 6) is 1.29. The fourth-order valence-corrected chi connectivity index (χ4v) is 2.49. The number of urea groups is 1. The molecule has 1 heterocycles. The van der Waals surface area contributed by atoms with E-state index in [9.17, 15) is 4.79 Å². The van der Waals surface area contributed by atoms with Gasteiger partial charge in [-0.3, -0.25) is 0 Å². The van der Waals surface area contributed by atoms with E-state index in [0.29, 0.717) is 5.92 Å². The molecule has 0 bridgehead atoms. The van der Waals surface area contributed by atoms with Gasteiger partial charge in [0.15, 0.2) is 0 Å². The van der Waals surface area contributed by atoms with Crippen molar-refractivity contribution >= 4 is 6.03 Å². The zero-order valence-corrected chi connectivity index (χ0v) is 12.8. The highest BCUT2D eigenvalue weighted by molar-refractivity contribution is 5.75. The summed E-state index contributed by atoms with van der Waals surface area (Å²) in [6, 6.07) is 8.18. The molecule has 2 rings (SSSR count). The number of amides is 2. The summed E-state index contributed by atoms with van der Waals surface area (Å²) in [5.41, 5.74) is 1.09. The third-order valence-corrected chi connectivity index (χ3v) is 3.54. The number of carbonyl (C=O) groups excluding carboxylic acids is 1. The molecule has 110 valence electrons. The first-order valence-corrected chi connectivity index (χ1v) is 7.10. The molecule has 0 spiro atoms. The first-order chi connectivity index (χ1) is 9.39. The van der Waals surface area contributed by atoms with Crippen LogP contribution in [0.5, 0.6) is 5.75 Å². The first-order valence-electron chi connectivity index (χ1n) is 7.10. The Hall–Kier alpha value is -1.71. The van der Waals surface area contributed by atoms with Gasteiger partial charge < -0.3 is 15.0 Å². The van der Waals surface area contributed by atoms with Crippen LogP contribution in [0.15, 0.2) is 24.3 Å². The molecule has 0 saturated carbocycles. The summed E-state index contributed by atoms with van der Waals surface area (Å²) in [4.78, 5) is 14.0. The molecule has 4 nitrogen and oxygen atoms in total. The molecule has 1 fully saturated rings. The number of benzene rings is 1. The normalized spacial score (nSPS) is 19.0. The average molecular weight is 276 g/mol. The molecule has 0 aromatic heterocycles. The third-order valence-electron chi connectivity index (χ3n) is 3.54. The Morgan fingerprint density at radius 1 is 1.30 bits per heavy atom. The van der Waals surface area contributed by atoms with Crippen molar-refractivity contribution < 1.29 is 9.53 Å². The molecule has 1 aromatic rings. The van der Waals surface area contributed by atoms with Gasteiger partial charge in [-0.05, 0) is 44.9 Å². The fourth-order valence-electron chi connectivity index (χ4n) is 2.49. The van der Waals surface area contributed by atoms with E-state index in [4.69, 9.17) is 4.74 Å². The smallest absolute Gasteiger partial charge is 0.317 e. The Labute approximate surface area is 121 Å². The first kappa shape index (κ1) is 14.7. The maximum atomic E-state index is 12.1. The molecule has 1 atom stereocenters. The molecule has 1 N–H and O–H groups in total.